The van der Waals surface area contributed by atoms with Crippen molar-refractivity contribution in [1.29, 1.82) is 0 Å². The monoisotopic (exact) mass is 432 g/mol. The summed E-state index contributed by atoms with van der Waals surface area (Å²) in [6.07, 6.45) is -0.367. The lowest BCUT2D eigenvalue weighted by Gasteiger charge is -2.34. The first-order chi connectivity index (χ1) is 14.3. The molecule has 2 heterocycles. The van der Waals surface area contributed by atoms with Crippen molar-refractivity contribution < 1.29 is 27.4 Å². The number of carbonyl (C=O) groups excluding carboxylic acids is 1. The van der Waals surface area contributed by atoms with Gasteiger partial charge in [-0.1, -0.05) is 12.1 Å². The highest BCUT2D eigenvalue weighted by Gasteiger charge is 2.32. The van der Waals surface area contributed by atoms with E-state index >= 15 is 0 Å². The number of amides is 1. The van der Waals surface area contributed by atoms with Gasteiger partial charge in [-0.15, -0.1) is 0 Å². The number of nitrogens with one attached hydrogen (secondary N) is 1. The van der Waals surface area contributed by atoms with Crippen LogP contribution in [-0.4, -0.2) is 50.7 Å². The molecular formula is C21H24N2O6S. The summed E-state index contributed by atoms with van der Waals surface area (Å²) < 4.78 is 43.8. The molecule has 2 atom stereocenters. The van der Waals surface area contributed by atoms with Gasteiger partial charge in [-0.2, -0.15) is 4.31 Å². The van der Waals surface area contributed by atoms with Crippen LogP contribution in [0.1, 0.15) is 29.8 Å². The fraction of sp³-hybridized carbons (Fsp3) is 0.381. The van der Waals surface area contributed by atoms with Crippen LogP contribution in [0.2, 0.25) is 0 Å². The molecule has 1 amide bonds. The Kier molecular flexibility index (Phi) is 5.68. The molecule has 4 rings (SSSR count). The third-order valence-electron chi connectivity index (χ3n) is 5.01. The smallest absolute Gasteiger partial charge is 0.251 e. The second kappa shape index (κ2) is 8.25. The van der Waals surface area contributed by atoms with E-state index in [0.29, 0.717) is 11.5 Å². The number of benzene rings is 2. The topological polar surface area (TPSA) is 94.2 Å². The van der Waals surface area contributed by atoms with Crippen LogP contribution in [-0.2, 0) is 21.3 Å². The molecule has 0 saturated carbocycles. The lowest BCUT2D eigenvalue weighted by Crippen LogP contribution is -2.48. The molecule has 0 unspecified atom stereocenters. The molecule has 0 aliphatic carbocycles. The van der Waals surface area contributed by atoms with Gasteiger partial charge in [0.05, 0.1) is 17.1 Å². The van der Waals surface area contributed by atoms with E-state index in [-0.39, 0.29) is 55.0 Å². The van der Waals surface area contributed by atoms with Crippen molar-refractivity contribution in [2.24, 2.45) is 0 Å². The summed E-state index contributed by atoms with van der Waals surface area (Å²) in [7, 11) is -3.71. The Balaban J connectivity index is 1.46. The summed E-state index contributed by atoms with van der Waals surface area (Å²) in [6, 6.07) is 11.5. The average molecular weight is 432 g/mol. The number of hydrogen-bond acceptors (Lipinski definition) is 6. The molecule has 0 spiro atoms. The van der Waals surface area contributed by atoms with E-state index < -0.39 is 10.0 Å². The van der Waals surface area contributed by atoms with E-state index in [9.17, 15) is 13.2 Å². The molecule has 1 fully saturated rings. The predicted molar refractivity (Wildman–Crippen MR) is 109 cm³/mol. The van der Waals surface area contributed by atoms with Crippen LogP contribution in [0.3, 0.4) is 0 Å². The van der Waals surface area contributed by atoms with Gasteiger partial charge in [0.15, 0.2) is 11.5 Å². The maximum absolute atomic E-state index is 13.1. The van der Waals surface area contributed by atoms with Crippen LogP contribution < -0.4 is 14.8 Å². The molecule has 2 aliphatic heterocycles. The number of ether oxygens (including phenoxy) is 3. The lowest BCUT2D eigenvalue weighted by molar-refractivity contribution is -0.0440. The SMILES string of the molecule is C[C@H]1CN(S(=O)(=O)c2cccc(C(=O)NCc3ccc4c(c3)OCO4)c2)C[C@H](C)O1. The number of morpholine rings is 1. The zero-order valence-electron chi connectivity index (χ0n) is 16.8. The normalized spacial score (nSPS) is 21.4. The summed E-state index contributed by atoms with van der Waals surface area (Å²) in [6.45, 7) is 4.73. The molecule has 2 aliphatic rings. The Morgan fingerprint density at radius 3 is 2.57 bits per heavy atom. The van der Waals surface area contributed by atoms with Gasteiger partial charge in [0.25, 0.3) is 5.91 Å². The predicted octanol–water partition coefficient (Wildman–Crippen LogP) is 2.14. The Hall–Kier alpha value is -2.62. The van der Waals surface area contributed by atoms with Crippen LogP contribution in [0.4, 0.5) is 0 Å². The zero-order chi connectivity index (χ0) is 21.3. The number of fused-ring (bicyclic) bond motifs is 1. The van der Waals surface area contributed by atoms with Gasteiger partial charge in [-0.25, -0.2) is 8.42 Å². The second-order valence-corrected chi connectivity index (χ2v) is 9.42. The summed E-state index contributed by atoms with van der Waals surface area (Å²) in [4.78, 5) is 12.7. The van der Waals surface area contributed by atoms with Crippen molar-refractivity contribution in [3.63, 3.8) is 0 Å². The molecule has 1 saturated heterocycles. The van der Waals surface area contributed by atoms with Crippen LogP contribution in [0.25, 0.3) is 0 Å². The molecule has 0 radical (unpaired) electrons. The maximum Gasteiger partial charge on any atom is 0.251 e. The molecular weight excluding hydrogens is 408 g/mol. The number of carbonyl (C=O) groups is 1. The van der Waals surface area contributed by atoms with Crippen LogP contribution in [0.15, 0.2) is 47.4 Å². The average Bonchev–Trinajstić information content (AvgIpc) is 3.19. The molecule has 0 bridgehead atoms. The van der Waals surface area contributed by atoms with Gasteiger partial charge in [0.2, 0.25) is 16.8 Å². The molecule has 30 heavy (non-hydrogen) atoms. The highest BCUT2D eigenvalue weighted by molar-refractivity contribution is 7.89. The molecule has 160 valence electrons. The molecule has 1 N–H and O–H groups in total. The summed E-state index contributed by atoms with van der Waals surface area (Å²) in [5, 5.41) is 2.82. The standard InChI is InChI=1S/C21H24N2O6S/c1-14-11-23(12-15(2)29-14)30(25,26)18-5-3-4-17(9-18)21(24)22-10-16-6-7-19-20(8-16)28-13-27-19/h3-9,14-15H,10-13H2,1-2H3,(H,22,24)/t14-,15-/m0/s1. The van der Waals surface area contributed by atoms with Gasteiger partial charge < -0.3 is 19.5 Å². The van der Waals surface area contributed by atoms with Crippen molar-refractivity contribution in [2.75, 3.05) is 19.9 Å². The third-order valence-corrected chi connectivity index (χ3v) is 6.84. The second-order valence-electron chi connectivity index (χ2n) is 7.48. The zero-order valence-corrected chi connectivity index (χ0v) is 17.6. The first-order valence-corrected chi connectivity index (χ1v) is 11.2. The van der Waals surface area contributed by atoms with Crippen LogP contribution in [0.5, 0.6) is 11.5 Å². The van der Waals surface area contributed by atoms with E-state index in [0.717, 1.165) is 5.56 Å². The number of hydrogen-bond donors (Lipinski definition) is 1. The largest absolute Gasteiger partial charge is 0.454 e. The summed E-state index contributed by atoms with van der Waals surface area (Å²) in [5.74, 6) is 0.965. The third kappa shape index (κ3) is 4.28. The van der Waals surface area contributed by atoms with E-state index in [4.69, 9.17) is 14.2 Å². The number of nitrogens with zero attached hydrogens (tertiary/aromatic N) is 1. The van der Waals surface area contributed by atoms with Gasteiger partial charge in [-0.05, 0) is 49.7 Å². The number of rotatable bonds is 5. The molecule has 8 nitrogen and oxygen atoms in total. The van der Waals surface area contributed by atoms with Crippen LogP contribution >= 0.6 is 0 Å². The maximum atomic E-state index is 13.1. The minimum atomic E-state index is -3.71. The molecule has 2 aromatic rings. The van der Waals surface area contributed by atoms with Gasteiger partial charge in [0.1, 0.15) is 0 Å². The Morgan fingerprint density at radius 2 is 1.80 bits per heavy atom. The Bertz CT molecular complexity index is 1050. The van der Waals surface area contributed by atoms with Crippen LogP contribution in [0, 0.1) is 0 Å². The summed E-state index contributed by atoms with van der Waals surface area (Å²) in [5.41, 5.74) is 1.14. The van der Waals surface area contributed by atoms with Gasteiger partial charge >= 0.3 is 0 Å². The van der Waals surface area contributed by atoms with E-state index in [2.05, 4.69) is 5.32 Å². The highest BCUT2D eigenvalue weighted by atomic mass is 32.2. The highest BCUT2D eigenvalue weighted by Crippen LogP contribution is 2.32. The fourth-order valence-electron chi connectivity index (χ4n) is 3.61. The minimum Gasteiger partial charge on any atom is -0.454 e. The molecule has 9 heteroatoms. The van der Waals surface area contributed by atoms with Crippen molar-refractivity contribution in [3.8, 4) is 11.5 Å². The van der Waals surface area contributed by atoms with Crippen molar-refractivity contribution in [1.82, 2.24) is 9.62 Å². The Morgan fingerprint density at radius 1 is 1.07 bits per heavy atom. The summed E-state index contributed by atoms with van der Waals surface area (Å²) >= 11 is 0. The van der Waals surface area contributed by atoms with E-state index in [1.165, 1.54) is 16.4 Å². The van der Waals surface area contributed by atoms with Crippen molar-refractivity contribution in [3.05, 3.63) is 53.6 Å². The lowest BCUT2D eigenvalue weighted by atomic mass is 10.2. The van der Waals surface area contributed by atoms with Crippen molar-refractivity contribution in [2.45, 2.75) is 37.5 Å². The van der Waals surface area contributed by atoms with Gasteiger partial charge in [-0.3, -0.25) is 4.79 Å². The molecule has 2 aromatic carbocycles. The minimum absolute atomic E-state index is 0.0968. The fourth-order valence-corrected chi connectivity index (χ4v) is 5.25. The van der Waals surface area contributed by atoms with Gasteiger partial charge in [0, 0.05) is 25.2 Å². The number of sulfonamides is 1. The quantitative estimate of drug-likeness (QED) is 0.778. The molecule has 0 aromatic heterocycles. The van der Waals surface area contributed by atoms with E-state index in [1.54, 1.807) is 18.2 Å². The Labute approximate surface area is 175 Å². The first kappa shape index (κ1) is 20.6. The first-order valence-electron chi connectivity index (χ1n) is 9.75. The van der Waals surface area contributed by atoms with Crippen molar-refractivity contribution >= 4 is 15.9 Å². The van der Waals surface area contributed by atoms with E-state index in [1.807, 2.05) is 26.0 Å².